The lowest BCUT2D eigenvalue weighted by Crippen LogP contribution is -2.40. The Hall–Kier alpha value is -1.19. The van der Waals surface area contributed by atoms with E-state index >= 15 is 0 Å². The van der Waals surface area contributed by atoms with E-state index in [-0.39, 0.29) is 17.9 Å². The Morgan fingerprint density at radius 2 is 2.05 bits per heavy atom. The van der Waals surface area contributed by atoms with Crippen LogP contribution in [-0.2, 0) is 11.2 Å². The molecule has 1 aromatic carbocycles. The van der Waals surface area contributed by atoms with E-state index in [1.54, 1.807) is 0 Å². The molecule has 1 aliphatic heterocycles. The zero-order chi connectivity index (χ0) is 13.8. The number of ketones is 1. The Balaban J connectivity index is 1.92. The van der Waals surface area contributed by atoms with Crippen molar-refractivity contribution in [2.75, 3.05) is 6.54 Å². The van der Waals surface area contributed by atoms with Crippen molar-refractivity contribution in [2.45, 2.75) is 51.3 Å². The fourth-order valence-electron chi connectivity index (χ4n) is 2.80. The average Bonchev–Trinajstić information content (AvgIpc) is 2.79. The number of hydrogen-bond donors (Lipinski definition) is 1. The first-order chi connectivity index (χ1) is 9.08. The highest BCUT2D eigenvalue weighted by atomic mass is 16.3. The smallest absolute Gasteiger partial charge is 0.150 e. The largest absolute Gasteiger partial charge is 0.392 e. The van der Waals surface area contributed by atoms with Crippen LogP contribution in [0.4, 0.5) is 0 Å². The minimum absolute atomic E-state index is 0.0984. The predicted octanol–water partition coefficient (Wildman–Crippen LogP) is 2.03. The molecule has 3 heteroatoms. The SMILES string of the molecule is CC(C)N1CC(O)C[C@H]1C(=O)CCc1ccccc1. The number of Topliss-reactive ketones (excluding diaryl/α,β-unsaturated/α-hetero) is 1. The fraction of sp³-hybridized carbons (Fsp3) is 0.562. The summed E-state index contributed by atoms with van der Waals surface area (Å²) >= 11 is 0. The van der Waals surface area contributed by atoms with Crippen LogP contribution in [0.25, 0.3) is 0 Å². The van der Waals surface area contributed by atoms with Gasteiger partial charge in [-0.3, -0.25) is 9.69 Å². The lowest BCUT2D eigenvalue weighted by Gasteiger charge is -2.26. The van der Waals surface area contributed by atoms with Gasteiger partial charge < -0.3 is 5.11 Å². The standard InChI is InChI=1S/C16H23NO2/c1-12(2)17-11-14(18)10-15(17)16(19)9-8-13-6-4-3-5-7-13/h3-7,12,14-15,18H,8-11H2,1-2H3/t14?,15-/m0/s1. The maximum absolute atomic E-state index is 12.3. The van der Waals surface area contributed by atoms with Crippen LogP contribution in [0.1, 0.15) is 32.3 Å². The van der Waals surface area contributed by atoms with Crippen molar-refractivity contribution in [3.05, 3.63) is 35.9 Å². The molecule has 3 nitrogen and oxygen atoms in total. The van der Waals surface area contributed by atoms with E-state index in [0.717, 1.165) is 6.42 Å². The van der Waals surface area contributed by atoms with Crippen LogP contribution in [0.5, 0.6) is 0 Å². The van der Waals surface area contributed by atoms with E-state index in [4.69, 9.17) is 0 Å². The molecular formula is C16H23NO2. The normalized spacial score (nSPS) is 24.0. The highest BCUT2D eigenvalue weighted by Gasteiger charge is 2.36. The molecule has 0 spiro atoms. The minimum Gasteiger partial charge on any atom is -0.392 e. The number of rotatable bonds is 5. The van der Waals surface area contributed by atoms with Crippen molar-refractivity contribution in [1.29, 1.82) is 0 Å². The Labute approximate surface area is 115 Å². The summed E-state index contributed by atoms with van der Waals surface area (Å²) in [4.78, 5) is 14.4. The number of hydrogen-bond acceptors (Lipinski definition) is 3. The summed E-state index contributed by atoms with van der Waals surface area (Å²) in [7, 11) is 0. The van der Waals surface area contributed by atoms with Gasteiger partial charge in [0.1, 0.15) is 5.78 Å². The fourth-order valence-corrected chi connectivity index (χ4v) is 2.80. The highest BCUT2D eigenvalue weighted by Crippen LogP contribution is 2.22. The Bertz CT molecular complexity index is 416. The highest BCUT2D eigenvalue weighted by molar-refractivity contribution is 5.84. The summed E-state index contributed by atoms with van der Waals surface area (Å²) in [5.74, 6) is 0.258. The third kappa shape index (κ3) is 3.64. The van der Waals surface area contributed by atoms with Gasteiger partial charge in [0.05, 0.1) is 12.1 Å². The molecule has 1 aromatic rings. The van der Waals surface area contributed by atoms with Gasteiger partial charge in [0.2, 0.25) is 0 Å². The van der Waals surface area contributed by atoms with Crippen LogP contribution in [0.2, 0.25) is 0 Å². The van der Waals surface area contributed by atoms with Crippen LogP contribution in [-0.4, -0.2) is 40.5 Å². The molecule has 1 N–H and O–H groups in total. The van der Waals surface area contributed by atoms with Crippen molar-refractivity contribution in [2.24, 2.45) is 0 Å². The second-order valence-corrected chi connectivity index (χ2v) is 5.65. The summed E-state index contributed by atoms with van der Waals surface area (Å²) in [5.41, 5.74) is 1.20. The molecule has 0 aliphatic carbocycles. The van der Waals surface area contributed by atoms with E-state index < -0.39 is 0 Å². The van der Waals surface area contributed by atoms with Gasteiger partial charge in [-0.15, -0.1) is 0 Å². The van der Waals surface area contributed by atoms with E-state index in [9.17, 15) is 9.90 Å². The molecule has 0 radical (unpaired) electrons. The number of aliphatic hydroxyl groups excluding tert-OH is 1. The van der Waals surface area contributed by atoms with Gasteiger partial charge in [0.15, 0.2) is 0 Å². The van der Waals surface area contributed by atoms with Gasteiger partial charge >= 0.3 is 0 Å². The topological polar surface area (TPSA) is 40.5 Å². The molecule has 0 bridgehead atoms. The summed E-state index contributed by atoms with van der Waals surface area (Å²) in [6, 6.07) is 10.3. The molecule has 1 aliphatic rings. The van der Waals surface area contributed by atoms with Crippen LogP contribution in [0.15, 0.2) is 30.3 Å². The first-order valence-electron chi connectivity index (χ1n) is 7.08. The van der Waals surface area contributed by atoms with Crippen LogP contribution < -0.4 is 0 Å². The third-order valence-corrected chi connectivity index (χ3v) is 3.86. The number of aryl methyl sites for hydroxylation is 1. The van der Waals surface area contributed by atoms with Gasteiger partial charge in [0.25, 0.3) is 0 Å². The number of carbonyl (C=O) groups is 1. The van der Waals surface area contributed by atoms with Gasteiger partial charge in [-0.1, -0.05) is 30.3 Å². The molecule has 2 rings (SSSR count). The molecule has 1 saturated heterocycles. The molecular weight excluding hydrogens is 238 g/mol. The summed E-state index contributed by atoms with van der Waals surface area (Å²) in [6.07, 6.45) is 1.59. The zero-order valence-electron chi connectivity index (χ0n) is 11.7. The van der Waals surface area contributed by atoms with E-state index in [1.807, 2.05) is 18.2 Å². The van der Waals surface area contributed by atoms with Crippen LogP contribution >= 0.6 is 0 Å². The number of β-amino-alcohol motifs (C(OH)–C–C–N with tert-alkyl or cyclic N) is 1. The summed E-state index contributed by atoms with van der Waals surface area (Å²) in [5, 5.41) is 9.76. The third-order valence-electron chi connectivity index (χ3n) is 3.86. The molecule has 1 fully saturated rings. The zero-order valence-corrected chi connectivity index (χ0v) is 11.7. The van der Waals surface area contributed by atoms with Crippen molar-refractivity contribution >= 4 is 5.78 Å². The molecule has 1 unspecified atom stereocenters. The van der Waals surface area contributed by atoms with Gasteiger partial charge in [-0.05, 0) is 32.3 Å². The first kappa shape index (κ1) is 14.2. The van der Waals surface area contributed by atoms with Crippen molar-refractivity contribution < 1.29 is 9.90 Å². The molecule has 0 amide bonds. The first-order valence-corrected chi connectivity index (χ1v) is 7.08. The average molecular weight is 261 g/mol. The molecule has 0 aromatic heterocycles. The summed E-state index contributed by atoms with van der Waals surface area (Å²) < 4.78 is 0. The van der Waals surface area contributed by atoms with Crippen molar-refractivity contribution in [1.82, 2.24) is 4.90 Å². The number of carbonyl (C=O) groups excluding carboxylic acids is 1. The number of benzene rings is 1. The van der Waals surface area contributed by atoms with Crippen molar-refractivity contribution in [3.8, 4) is 0 Å². The van der Waals surface area contributed by atoms with E-state index in [2.05, 4.69) is 30.9 Å². The Morgan fingerprint density at radius 1 is 1.37 bits per heavy atom. The lowest BCUT2D eigenvalue weighted by molar-refractivity contribution is -0.123. The molecule has 19 heavy (non-hydrogen) atoms. The second kappa shape index (κ2) is 6.31. The monoisotopic (exact) mass is 261 g/mol. The number of likely N-dealkylation sites (tertiary alicyclic amines) is 1. The number of aliphatic hydroxyl groups is 1. The maximum Gasteiger partial charge on any atom is 0.150 e. The molecule has 104 valence electrons. The van der Waals surface area contributed by atoms with E-state index in [0.29, 0.717) is 25.4 Å². The van der Waals surface area contributed by atoms with Gasteiger partial charge in [0, 0.05) is 19.0 Å². The van der Waals surface area contributed by atoms with E-state index in [1.165, 1.54) is 5.56 Å². The van der Waals surface area contributed by atoms with Crippen LogP contribution in [0.3, 0.4) is 0 Å². The van der Waals surface area contributed by atoms with Gasteiger partial charge in [-0.2, -0.15) is 0 Å². The lowest BCUT2D eigenvalue weighted by atomic mass is 10.0. The Morgan fingerprint density at radius 3 is 2.68 bits per heavy atom. The minimum atomic E-state index is -0.354. The van der Waals surface area contributed by atoms with Crippen molar-refractivity contribution in [3.63, 3.8) is 0 Å². The predicted molar refractivity (Wildman–Crippen MR) is 76.0 cm³/mol. The Kier molecular flexibility index (Phi) is 4.72. The molecule has 2 atom stereocenters. The molecule has 1 heterocycles. The molecule has 0 saturated carbocycles. The van der Waals surface area contributed by atoms with Gasteiger partial charge in [-0.25, -0.2) is 0 Å². The number of nitrogens with zero attached hydrogens (tertiary/aromatic N) is 1. The quantitative estimate of drug-likeness (QED) is 0.881. The maximum atomic E-state index is 12.3. The summed E-state index contributed by atoms with van der Waals surface area (Å²) in [6.45, 7) is 4.78. The van der Waals surface area contributed by atoms with Crippen LogP contribution in [0, 0.1) is 0 Å². The second-order valence-electron chi connectivity index (χ2n) is 5.65.